The number of sulfonamides is 1. The van der Waals surface area contributed by atoms with Crippen LogP contribution in [0.3, 0.4) is 0 Å². The molecular weight excluding hydrogens is 313 g/mol. The minimum atomic E-state index is -3.70. The Balaban J connectivity index is 1.75. The molecule has 1 aromatic carbocycles. The molecule has 2 saturated heterocycles. The van der Waals surface area contributed by atoms with Crippen molar-refractivity contribution in [3.63, 3.8) is 0 Å². The molecule has 2 bridgehead atoms. The molecule has 1 N–H and O–H groups in total. The molecule has 2 aliphatic heterocycles. The number of nitrogens with one attached hydrogen (secondary N) is 1. The van der Waals surface area contributed by atoms with Crippen LogP contribution in [0.1, 0.15) is 6.42 Å². The zero-order chi connectivity index (χ0) is 15.3. The number of halogens is 1. The summed E-state index contributed by atoms with van der Waals surface area (Å²) in [6.45, 7) is 0.741. The van der Waals surface area contributed by atoms with E-state index in [4.69, 9.17) is 4.74 Å². The number of hydrogen-bond acceptors (Lipinski definition) is 6. The second-order valence-electron chi connectivity index (χ2n) is 5.30. The molecule has 22 heavy (non-hydrogen) atoms. The van der Waals surface area contributed by atoms with Crippen molar-refractivity contribution >= 4 is 10.0 Å². The lowest BCUT2D eigenvalue weighted by molar-refractivity contribution is 0.0608. The molecule has 2 aliphatic rings. The third-order valence-electron chi connectivity index (χ3n) is 3.98. The highest BCUT2D eigenvalue weighted by atomic mass is 32.2. The quantitative estimate of drug-likeness (QED) is 0.863. The minimum absolute atomic E-state index is 0.00423. The summed E-state index contributed by atoms with van der Waals surface area (Å²) < 4.78 is 46.2. The van der Waals surface area contributed by atoms with E-state index in [2.05, 4.69) is 20.6 Å². The maximum atomic E-state index is 13.9. The summed E-state index contributed by atoms with van der Waals surface area (Å²) in [6.07, 6.45) is 0.662. The predicted molar refractivity (Wildman–Crippen MR) is 71.6 cm³/mol. The SMILES string of the molecule is O=S(=O)(c1ccc(F)c(-c2nn[nH]n2)c1)N1C[C@H]2C[C@H]1CO2. The van der Waals surface area contributed by atoms with E-state index in [1.54, 1.807) is 0 Å². The van der Waals surface area contributed by atoms with Crippen LogP contribution in [0.15, 0.2) is 23.1 Å². The van der Waals surface area contributed by atoms with E-state index in [1.165, 1.54) is 16.4 Å². The van der Waals surface area contributed by atoms with Gasteiger partial charge < -0.3 is 4.74 Å². The summed E-state index contributed by atoms with van der Waals surface area (Å²) in [5.74, 6) is -0.590. The van der Waals surface area contributed by atoms with Gasteiger partial charge in [-0.1, -0.05) is 0 Å². The first-order chi connectivity index (χ1) is 10.6. The molecule has 3 heterocycles. The molecule has 0 unspecified atom stereocenters. The number of aromatic amines is 1. The second-order valence-corrected chi connectivity index (χ2v) is 7.19. The van der Waals surface area contributed by atoms with Gasteiger partial charge in [0, 0.05) is 6.54 Å². The largest absolute Gasteiger partial charge is 0.375 e. The topological polar surface area (TPSA) is 101 Å². The fourth-order valence-electron chi connectivity index (χ4n) is 2.91. The Labute approximate surface area is 125 Å². The Morgan fingerprint density at radius 3 is 2.91 bits per heavy atom. The Bertz CT molecular complexity index is 810. The van der Waals surface area contributed by atoms with E-state index in [-0.39, 0.29) is 28.4 Å². The lowest BCUT2D eigenvalue weighted by Crippen LogP contribution is -2.41. The molecular formula is C12H12FN5O3S. The summed E-state index contributed by atoms with van der Waals surface area (Å²) in [4.78, 5) is 0.0150. The van der Waals surface area contributed by atoms with Gasteiger partial charge in [-0.25, -0.2) is 12.8 Å². The predicted octanol–water partition coefficient (Wildman–Crippen LogP) is 0.168. The standard InChI is InChI=1S/C12H12FN5O3S/c13-11-2-1-9(4-10(11)12-14-16-17-15-12)22(19,20)18-5-8-3-7(18)6-21-8/h1-2,4,7-8H,3,5-6H2,(H,14,15,16,17)/t7-,8+/m0/s1. The molecule has 0 amide bonds. The van der Waals surface area contributed by atoms with Crippen LogP contribution >= 0.6 is 0 Å². The summed E-state index contributed by atoms with van der Waals surface area (Å²) >= 11 is 0. The van der Waals surface area contributed by atoms with E-state index in [9.17, 15) is 12.8 Å². The van der Waals surface area contributed by atoms with Crippen molar-refractivity contribution in [3.8, 4) is 11.4 Å². The Kier molecular flexibility index (Phi) is 2.99. The van der Waals surface area contributed by atoms with Gasteiger partial charge in [0.15, 0.2) is 0 Å². The molecule has 10 heteroatoms. The van der Waals surface area contributed by atoms with Crippen LogP contribution < -0.4 is 0 Å². The number of aromatic nitrogens is 4. The number of ether oxygens (including phenoxy) is 1. The van der Waals surface area contributed by atoms with E-state index in [0.29, 0.717) is 19.6 Å². The lowest BCUT2D eigenvalue weighted by Gasteiger charge is -2.26. The van der Waals surface area contributed by atoms with E-state index in [1.807, 2.05) is 0 Å². The van der Waals surface area contributed by atoms with Crippen LogP contribution in [-0.2, 0) is 14.8 Å². The Morgan fingerprint density at radius 1 is 1.41 bits per heavy atom. The van der Waals surface area contributed by atoms with Crippen LogP contribution in [0.5, 0.6) is 0 Å². The van der Waals surface area contributed by atoms with Gasteiger partial charge in [0.1, 0.15) is 5.82 Å². The highest BCUT2D eigenvalue weighted by Crippen LogP contribution is 2.34. The zero-order valence-electron chi connectivity index (χ0n) is 11.3. The van der Waals surface area contributed by atoms with Crippen molar-refractivity contribution in [3.05, 3.63) is 24.0 Å². The number of nitrogens with zero attached hydrogens (tertiary/aromatic N) is 4. The molecule has 0 spiro atoms. The number of morpholine rings is 1. The Hall–Kier alpha value is -1.91. The van der Waals surface area contributed by atoms with Gasteiger partial charge in [0.05, 0.1) is 29.2 Å². The van der Waals surface area contributed by atoms with Crippen molar-refractivity contribution in [1.82, 2.24) is 24.9 Å². The van der Waals surface area contributed by atoms with Crippen LogP contribution in [0, 0.1) is 5.82 Å². The fraction of sp³-hybridized carbons (Fsp3) is 0.417. The first-order valence-electron chi connectivity index (χ1n) is 6.72. The lowest BCUT2D eigenvalue weighted by atomic mass is 10.2. The number of fused-ring (bicyclic) bond motifs is 2. The maximum Gasteiger partial charge on any atom is 0.243 e. The summed E-state index contributed by atoms with van der Waals surface area (Å²) in [7, 11) is -3.70. The Morgan fingerprint density at radius 2 is 2.27 bits per heavy atom. The third-order valence-corrected chi connectivity index (χ3v) is 5.90. The molecule has 2 fully saturated rings. The van der Waals surface area contributed by atoms with Gasteiger partial charge in [-0.05, 0) is 29.8 Å². The average molecular weight is 325 g/mol. The van der Waals surface area contributed by atoms with Crippen molar-refractivity contribution in [1.29, 1.82) is 0 Å². The first kappa shape index (κ1) is 13.7. The highest BCUT2D eigenvalue weighted by Gasteiger charge is 2.45. The van der Waals surface area contributed by atoms with Crippen LogP contribution in [0.4, 0.5) is 4.39 Å². The molecule has 0 aliphatic carbocycles. The first-order valence-corrected chi connectivity index (χ1v) is 8.16. The second kappa shape index (κ2) is 4.80. The average Bonchev–Trinajstić information content (AvgIpc) is 3.25. The van der Waals surface area contributed by atoms with Crippen LogP contribution in [0.2, 0.25) is 0 Å². The van der Waals surface area contributed by atoms with Crippen molar-refractivity contribution in [2.45, 2.75) is 23.5 Å². The maximum absolute atomic E-state index is 13.9. The van der Waals surface area contributed by atoms with Crippen LogP contribution in [0.25, 0.3) is 11.4 Å². The van der Waals surface area contributed by atoms with Gasteiger partial charge in [0.2, 0.25) is 15.8 Å². The minimum Gasteiger partial charge on any atom is -0.375 e. The molecule has 8 nitrogen and oxygen atoms in total. The summed E-state index contributed by atoms with van der Waals surface area (Å²) in [5.41, 5.74) is -0.00423. The highest BCUT2D eigenvalue weighted by molar-refractivity contribution is 7.89. The van der Waals surface area contributed by atoms with Crippen molar-refractivity contribution in [2.75, 3.05) is 13.2 Å². The molecule has 1 aromatic heterocycles. The van der Waals surface area contributed by atoms with Gasteiger partial charge in [-0.2, -0.15) is 9.52 Å². The normalized spacial score (nSPS) is 25.0. The van der Waals surface area contributed by atoms with E-state index >= 15 is 0 Å². The fourth-order valence-corrected chi connectivity index (χ4v) is 4.59. The van der Waals surface area contributed by atoms with Gasteiger partial charge in [0.25, 0.3) is 0 Å². The summed E-state index contributed by atoms with van der Waals surface area (Å²) in [5, 5.41) is 13.0. The molecule has 0 radical (unpaired) electrons. The monoisotopic (exact) mass is 325 g/mol. The molecule has 4 rings (SSSR count). The number of rotatable bonds is 3. The van der Waals surface area contributed by atoms with Gasteiger partial charge in [-0.15, -0.1) is 10.2 Å². The van der Waals surface area contributed by atoms with E-state index in [0.717, 1.165) is 6.07 Å². The van der Waals surface area contributed by atoms with E-state index < -0.39 is 15.8 Å². The smallest absolute Gasteiger partial charge is 0.243 e. The molecule has 116 valence electrons. The number of tetrazole rings is 1. The zero-order valence-corrected chi connectivity index (χ0v) is 12.1. The van der Waals surface area contributed by atoms with Crippen molar-refractivity contribution < 1.29 is 17.5 Å². The van der Waals surface area contributed by atoms with Crippen LogP contribution in [-0.4, -0.2) is 58.6 Å². The number of H-pyrrole nitrogens is 1. The van der Waals surface area contributed by atoms with Gasteiger partial charge in [-0.3, -0.25) is 0 Å². The number of hydrogen-bond donors (Lipinski definition) is 1. The van der Waals surface area contributed by atoms with Gasteiger partial charge >= 0.3 is 0 Å². The third kappa shape index (κ3) is 2.02. The summed E-state index contributed by atoms with van der Waals surface area (Å²) in [6, 6.07) is 3.45. The number of benzene rings is 1. The molecule has 2 atom stereocenters. The molecule has 0 saturated carbocycles. The molecule has 2 aromatic rings. The van der Waals surface area contributed by atoms with Crippen molar-refractivity contribution in [2.24, 2.45) is 0 Å².